The lowest BCUT2D eigenvalue weighted by molar-refractivity contribution is -0.138. The standard InChI is InChI=1S/C20H21N3O3/c1-20(16-11-7-4-8-12-16)18(25)23(19(26)21-20)14-17(24)22(2)13-15-9-5-3-6-10-15/h3-12H,13-14H2,1-2H3,(H,21,26)/t20-/m1/s1. The Morgan fingerprint density at radius 2 is 1.62 bits per heavy atom. The quantitative estimate of drug-likeness (QED) is 0.839. The van der Waals surface area contributed by atoms with E-state index in [9.17, 15) is 14.4 Å². The fourth-order valence-electron chi connectivity index (χ4n) is 3.01. The second-order valence-electron chi connectivity index (χ2n) is 6.55. The van der Waals surface area contributed by atoms with Gasteiger partial charge in [-0.1, -0.05) is 60.7 Å². The molecule has 0 bridgehead atoms. The van der Waals surface area contributed by atoms with Crippen LogP contribution in [0.15, 0.2) is 60.7 Å². The minimum absolute atomic E-state index is 0.281. The Hall–Kier alpha value is -3.15. The van der Waals surface area contributed by atoms with Crippen LogP contribution in [0.5, 0.6) is 0 Å². The predicted molar refractivity (Wildman–Crippen MR) is 97.0 cm³/mol. The van der Waals surface area contributed by atoms with E-state index in [4.69, 9.17) is 0 Å². The number of nitrogens with one attached hydrogen (secondary N) is 1. The third-order valence-electron chi connectivity index (χ3n) is 4.61. The van der Waals surface area contributed by atoms with Gasteiger partial charge in [0.1, 0.15) is 12.1 Å². The van der Waals surface area contributed by atoms with Gasteiger partial charge in [0.25, 0.3) is 5.91 Å². The van der Waals surface area contributed by atoms with Crippen LogP contribution in [-0.4, -0.2) is 41.2 Å². The summed E-state index contributed by atoms with van der Waals surface area (Å²) < 4.78 is 0. The molecule has 0 saturated carbocycles. The number of urea groups is 1. The summed E-state index contributed by atoms with van der Waals surface area (Å²) >= 11 is 0. The van der Waals surface area contributed by atoms with Crippen LogP contribution < -0.4 is 5.32 Å². The Morgan fingerprint density at radius 1 is 1.04 bits per heavy atom. The van der Waals surface area contributed by atoms with Crippen molar-refractivity contribution in [3.8, 4) is 0 Å². The van der Waals surface area contributed by atoms with Gasteiger partial charge in [-0.3, -0.25) is 14.5 Å². The lowest BCUT2D eigenvalue weighted by atomic mass is 9.92. The topological polar surface area (TPSA) is 69.7 Å². The highest BCUT2D eigenvalue weighted by Crippen LogP contribution is 2.28. The zero-order chi connectivity index (χ0) is 18.7. The first kappa shape index (κ1) is 17.7. The number of hydrogen-bond donors (Lipinski definition) is 1. The number of hydrogen-bond acceptors (Lipinski definition) is 3. The molecular formula is C20H21N3O3. The summed E-state index contributed by atoms with van der Waals surface area (Å²) in [6, 6.07) is 18.0. The molecule has 1 N–H and O–H groups in total. The van der Waals surface area contributed by atoms with Crippen molar-refractivity contribution in [3.63, 3.8) is 0 Å². The molecule has 0 spiro atoms. The molecule has 134 valence electrons. The molecule has 0 aliphatic carbocycles. The first-order valence-electron chi connectivity index (χ1n) is 8.39. The molecule has 1 aliphatic heterocycles. The fraction of sp³-hybridized carbons (Fsp3) is 0.250. The van der Waals surface area contributed by atoms with Gasteiger partial charge in [0.05, 0.1) is 0 Å². The molecule has 2 aromatic rings. The van der Waals surface area contributed by atoms with Gasteiger partial charge >= 0.3 is 6.03 Å². The van der Waals surface area contributed by atoms with Gasteiger partial charge in [0.2, 0.25) is 5.91 Å². The van der Waals surface area contributed by atoms with Crippen LogP contribution in [0.25, 0.3) is 0 Å². The van der Waals surface area contributed by atoms with Gasteiger partial charge in [-0.15, -0.1) is 0 Å². The molecule has 4 amide bonds. The molecule has 1 heterocycles. The van der Waals surface area contributed by atoms with Crippen LogP contribution in [0.4, 0.5) is 4.79 Å². The van der Waals surface area contributed by atoms with Crippen LogP contribution in [0.1, 0.15) is 18.1 Å². The minimum atomic E-state index is -1.16. The van der Waals surface area contributed by atoms with Crippen molar-refractivity contribution in [1.82, 2.24) is 15.1 Å². The number of carbonyl (C=O) groups is 3. The van der Waals surface area contributed by atoms with Gasteiger partial charge in [-0.25, -0.2) is 4.79 Å². The van der Waals surface area contributed by atoms with Crippen molar-refractivity contribution in [3.05, 3.63) is 71.8 Å². The fourth-order valence-corrected chi connectivity index (χ4v) is 3.01. The number of amides is 4. The lowest BCUT2D eigenvalue weighted by Gasteiger charge is -2.23. The maximum atomic E-state index is 12.8. The highest BCUT2D eigenvalue weighted by Gasteiger charge is 2.49. The number of nitrogens with zero attached hydrogens (tertiary/aromatic N) is 2. The molecule has 0 radical (unpaired) electrons. The van der Waals surface area contributed by atoms with E-state index in [1.807, 2.05) is 48.5 Å². The predicted octanol–water partition coefficient (Wildman–Crippen LogP) is 2.11. The Bertz CT molecular complexity index is 823. The van der Waals surface area contributed by atoms with Crippen LogP contribution in [0, 0.1) is 0 Å². The van der Waals surface area contributed by atoms with Crippen LogP contribution in [0.2, 0.25) is 0 Å². The van der Waals surface area contributed by atoms with Gasteiger partial charge in [-0.05, 0) is 18.1 Å². The maximum Gasteiger partial charge on any atom is 0.325 e. The second-order valence-corrected chi connectivity index (χ2v) is 6.55. The maximum absolute atomic E-state index is 12.8. The van der Waals surface area contributed by atoms with Crippen molar-refractivity contribution in [1.29, 1.82) is 0 Å². The van der Waals surface area contributed by atoms with Gasteiger partial charge < -0.3 is 10.2 Å². The summed E-state index contributed by atoms with van der Waals surface area (Å²) in [4.78, 5) is 40.1. The minimum Gasteiger partial charge on any atom is -0.340 e. The normalized spacial score (nSPS) is 19.4. The average Bonchev–Trinajstić information content (AvgIpc) is 2.87. The van der Waals surface area contributed by atoms with Crippen molar-refractivity contribution in [2.45, 2.75) is 19.0 Å². The SMILES string of the molecule is CN(Cc1ccccc1)C(=O)CN1C(=O)N[C@](C)(c2ccccc2)C1=O. The monoisotopic (exact) mass is 351 g/mol. The van der Waals surface area contributed by atoms with Crippen LogP contribution >= 0.6 is 0 Å². The van der Waals surface area contributed by atoms with E-state index in [2.05, 4.69) is 5.32 Å². The van der Waals surface area contributed by atoms with E-state index < -0.39 is 17.5 Å². The summed E-state index contributed by atoms with van der Waals surface area (Å²) in [5.74, 6) is -0.718. The van der Waals surface area contributed by atoms with Gasteiger partial charge in [-0.2, -0.15) is 0 Å². The number of likely N-dealkylation sites (N-methyl/N-ethyl adjacent to an activating group) is 1. The summed E-state index contributed by atoms with van der Waals surface area (Å²) in [6.45, 7) is 1.79. The molecule has 2 aromatic carbocycles. The zero-order valence-corrected chi connectivity index (χ0v) is 14.8. The molecule has 6 heteroatoms. The lowest BCUT2D eigenvalue weighted by Crippen LogP contribution is -2.43. The Balaban J connectivity index is 1.71. The third-order valence-corrected chi connectivity index (χ3v) is 4.61. The Kier molecular flexibility index (Phi) is 4.75. The first-order chi connectivity index (χ1) is 12.4. The van der Waals surface area contributed by atoms with E-state index >= 15 is 0 Å². The molecule has 1 fully saturated rings. The summed E-state index contributed by atoms with van der Waals surface area (Å²) in [5.41, 5.74) is 0.511. The van der Waals surface area contributed by atoms with E-state index in [1.54, 1.807) is 26.1 Å². The number of rotatable bonds is 5. The summed E-state index contributed by atoms with van der Waals surface area (Å²) in [7, 11) is 1.66. The molecule has 26 heavy (non-hydrogen) atoms. The highest BCUT2D eigenvalue weighted by molar-refractivity contribution is 6.09. The van der Waals surface area contributed by atoms with E-state index in [1.165, 1.54) is 4.90 Å². The number of carbonyl (C=O) groups excluding carboxylic acids is 3. The highest BCUT2D eigenvalue weighted by atomic mass is 16.2. The molecule has 1 atom stereocenters. The summed E-state index contributed by atoms with van der Waals surface area (Å²) in [6.07, 6.45) is 0. The molecule has 3 rings (SSSR count). The zero-order valence-electron chi connectivity index (χ0n) is 14.8. The first-order valence-corrected chi connectivity index (χ1v) is 8.39. The average molecular weight is 351 g/mol. The van der Waals surface area contributed by atoms with Crippen molar-refractivity contribution >= 4 is 17.8 Å². The van der Waals surface area contributed by atoms with E-state index in [0.29, 0.717) is 12.1 Å². The number of imide groups is 1. The van der Waals surface area contributed by atoms with Gasteiger partial charge in [0.15, 0.2) is 0 Å². The smallest absolute Gasteiger partial charge is 0.325 e. The second kappa shape index (κ2) is 7.00. The van der Waals surface area contributed by atoms with Gasteiger partial charge in [0, 0.05) is 13.6 Å². The molecule has 0 unspecified atom stereocenters. The molecule has 0 aromatic heterocycles. The molecule has 1 aliphatic rings. The largest absolute Gasteiger partial charge is 0.340 e. The molecule has 1 saturated heterocycles. The van der Waals surface area contributed by atoms with E-state index in [0.717, 1.165) is 10.5 Å². The van der Waals surface area contributed by atoms with Crippen molar-refractivity contribution < 1.29 is 14.4 Å². The number of benzene rings is 2. The van der Waals surface area contributed by atoms with Crippen molar-refractivity contribution in [2.24, 2.45) is 0 Å². The third kappa shape index (κ3) is 3.31. The van der Waals surface area contributed by atoms with Crippen LogP contribution in [-0.2, 0) is 21.7 Å². The Morgan fingerprint density at radius 3 is 2.23 bits per heavy atom. The molecule has 6 nitrogen and oxygen atoms in total. The van der Waals surface area contributed by atoms with Crippen molar-refractivity contribution in [2.75, 3.05) is 13.6 Å². The summed E-state index contributed by atoms with van der Waals surface area (Å²) in [5, 5.41) is 2.71. The molecular weight excluding hydrogens is 330 g/mol. The Labute approximate surface area is 152 Å². The van der Waals surface area contributed by atoms with Crippen LogP contribution in [0.3, 0.4) is 0 Å². The van der Waals surface area contributed by atoms with E-state index in [-0.39, 0.29) is 12.5 Å².